The first-order chi connectivity index (χ1) is 11.0. The molecule has 120 valence electrons. The molecule has 0 saturated heterocycles. The minimum Gasteiger partial charge on any atom is -0.467 e. The predicted molar refractivity (Wildman–Crippen MR) is 84.6 cm³/mol. The Morgan fingerprint density at radius 3 is 2.39 bits per heavy atom. The summed E-state index contributed by atoms with van der Waals surface area (Å²) in [6.07, 6.45) is 0.326. The molecule has 0 bridgehead atoms. The third-order valence-electron chi connectivity index (χ3n) is 3.58. The predicted octanol–water partition coefficient (Wildman–Crippen LogP) is 2.65. The van der Waals surface area contributed by atoms with Crippen molar-refractivity contribution >= 4 is 11.9 Å². The van der Waals surface area contributed by atoms with E-state index in [1.807, 2.05) is 31.2 Å². The standard InChI is InChI=1S/C18H18FNO3/c1-12-5-3-4-6-14(12)11-16(18(22)23-2)20-17(21)13-7-9-15(19)10-8-13/h3-10,16H,11H2,1-2H3,(H,20,21)/t16-/m0/s1. The molecule has 0 radical (unpaired) electrons. The fourth-order valence-corrected chi connectivity index (χ4v) is 2.24. The molecule has 0 aliphatic heterocycles. The Morgan fingerprint density at radius 2 is 1.78 bits per heavy atom. The Balaban J connectivity index is 2.16. The molecule has 0 aliphatic carbocycles. The molecule has 0 heterocycles. The van der Waals surface area contributed by atoms with Gasteiger partial charge in [-0.2, -0.15) is 0 Å². The van der Waals surface area contributed by atoms with E-state index in [1.54, 1.807) is 0 Å². The van der Waals surface area contributed by atoms with Crippen LogP contribution in [0.15, 0.2) is 48.5 Å². The van der Waals surface area contributed by atoms with Crippen molar-refractivity contribution < 1.29 is 18.7 Å². The second-order valence-corrected chi connectivity index (χ2v) is 5.19. The van der Waals surface area contributed by atoms with Crippen LogP contribution in [0.4, 0.5) is 4.39 Å². The molecule has 0 aromatic heterocycles. The molecule has 1 N–H and O–H groups in total. The third-order valence-corrected chi connectivity index (χ3v) is 3.58. The van der Waals surface area contributed by atoms with Gasteiger partial charge < -0.3 is 10.1 Å². The number of hydrogen-bond acceptors (Lipinski definition) is 3. The van der Waals surface area contributed by atoms with Gasteiger partial charge in [0.25, 0.3) is 5.91 Å². The first kappa shape index (κ1) is 16.7. The molecule has 0 unspecified atom stereocenters. The molecule has 2 aromatic rings. The van der Waals surface area contributed by atoms with E-state index in [-0.39, 0.29) is 5.56 Å². The first-order valence-corrected chi connectivity index (χ1v) is 7.20. The lowest BCUT2D eigenvalue weighted by Crippen LogP contribution is -2.43. The first-order valence-electron chi connectivity index (χ1n) is 7.20. The van der Waals surface area contributed by atoms with Crippen LogP contribution in [0.3, 0.4) is 0 Å². The van der Waals surface area contributed by atoms with E-state index in [2.05, 4.69) is 5.32 Å². The molecular weight excluding hydrogens is 297 g/mol. The molecule has 2 aromatic carbocycles. The van der Waals surface area contributed by atoms with Crippen LogP contribution >= 0.6 is 0 Å². The van der Waals surface area contributed by atoms with Crippen molar-refractivity contribution in [2.75, 3.05) is 7.11 Å². The number of hydrogen-bond donors (Lipinski definition) is 1. The Labute approximate surface area is 134 Å². The molecule has 5 heteroatoms. The molecule has 0 saturated carbocycles. The summed E-state index contributed by atoms with van der Waals surface area (Å²) in [5, 5.41) is 2.64. The molecule has 0 aliphatic rings. The molecule has 0 spiro atoms. The van der Waals surface area contributed by atoms with Crippen molar-refractivity contribution in [1.82, 2.24) is 5.32 Å². The van der Waals surface area contributed by atoms with E-state index < -0.39 is 23.7 Å². The number of amides is 1. The van der Waals surface area contributed by atoms with Gasteiger partial charge in [-0.1, -0.05) is 24.3 Å². The number of rotatable bonds is 5. The van der Waals surface area contributed by atoms with Crippen LogP contribution in [0.5, 0.6) is 0 Å². The molecule has 1 amide bonds. The van der Waals surface area contributed by atoms with Crippen LogP contribution in [0.1, 0.15) is 21.5 Å². The molecule has 1 atom stereocenters. The second-order valence-electron chi connectivity index (χ2n) is 5.19. The second kappa shape index (κ2) is 7.54. The largest absolute Gasteiger partial charge is 0.467 e. The topological polar surface area (TPSA) is 55.4 Å². The Morgan fingerprint density at radius 1 is 1.13 bits per heavy atom. The minimum absolute atomic E-state index is 0.282. The van der Waals surface area contributed by atoms with Gasteiger partial charge in [0.1, 0.15) is 11.9 Å². The van der Waals surface area contributed by atoms with Crippen LogP contribution in [-0.2, 0) is 16.0 Å². The lowest BCUT2D eigenvalue weighted by molar-refractivity contribution is -0.142. The van der Waals surface area contributed by atoms with Gasteiger partial charge in [-0.05, 0) is 42.3 Å². The Bertz CT molecular complexity index is 698. The van der Waals surface area contributed by atoms with Crippen molar-refractivity contribution in [2.24, 2.45) is 0 Å². The van der Waals surface area contributed by atoms with Crippen molar-refractivity contribution in [2.45, 2.75) is 19.4 Å². The van der Waals surface area contributed by atoms with Crippen molar-refractivity contribution in [1.29, 1.82) is 0 Å². The normalized spacial score (nSPS) is 11.6. The van der Waals surface area contributed by atoms with Gasteiger partial charge in [-0.3, -0.25) is 4.79 Å². The van der Waals surface area contributed by atoms with Gasteiger partial charge in [-0.15, -0.1) is 0 Å². The summed E-state index contributed by atoms with van der Waals surface area (Å²) in [6.45, 7) is 1.94. The van der Waals surface area contributed by atoms with Crippen LogP contribution < -0.4 is 5.32 Å². The number of aryl methyl sites for hydroxylation is 1. The summed E-state index contributed by atoms with van der Waals surface area (Å²) >= 11 is 0. The van der Waals surface area contributed by atoms with Crippen molar-refractivity contribution in [3.63, 3.8) is 0 Å². The maximum Gasteiger partial charge on any atom is 0.328 e. The quantitative estimate of drug-likeness (QED) is 0.863. The average molecular weight is 315 g/mol. The number of carbonyl (C=O) groups excluding carboxylic acids is 2. The van der Waals surface area contributed by atoms with E-state index in [0.717, 1.165) is 11.1 Å². The molecule has 2 rings (SSSR count). The monoisotopic (exact) mass is 315 g/mol. The fourth-order valence-electron chi connectivity index (χ4n) is 2.24. The third kappa shape index (κ3) is 4.39. The average Bonchev–Trinajstić information content (AvgIpc) is 2.56. The van der Waals surface area contributed by atoms with E-state index in [1.165, 1.54) is 31.4 Å². The Hall–Kier alpha value is -2.69. The lowest BCUT2D eigenvalue weighted by Gasteiger charge is -2.17. The number of ether oxygens (including phenoxy) is 1. The molecule has 4 nitrogen and oxygen atoms in total. The Kier molecular flexibility index (Phi) is 5.46. The van der Waals surface area contributed by atoms with Gasteiger partial charge in [0.15, 0.2) is 0 Å². The lowest BCUT2D eigenvalue weighted by atomic mass is 10.0. The van der Waals surface area contributed by atoms with E-state index in [9.17, 15) is 14.0 Å². The number of methoxy groups -OCH3 is 1. The highest BCUT2D eigenvalue weighted by atomic mass is 19.1. The number of nitrogens with one attached hydrogen (secondary N) is 1. The maximum absolute atomic E-state index is 12.9. The highest BCUT2D eigenvalue weighted by molar-refractivity contribution is 5.96. The summed E-state index contributed by atoms with van der Waals surface area (Å²) in [5.74, 6) is -1.40. The minimum atomic E-state index is -0.807. The van der Waals surface area contributed by atoms with Crippen molar-refractivity contribution in [3.05, 3.63) is 71.0 Å². The highest BCUT2D eigenvalue weighted by Gasteiger charge is 2.23. The van der Waals surface area contributed by atoms with Crippen LogP contribution in [-0.4, -0.2) is 25.0 Å². The van der Waals surface area contributed by atoms with E-state index in [4.69, 9.17) is 4.74 Å². The number of benzene rings is 2. The van der Waals surface area contributed by atoms with Gasteiger partial charge >= 0.3 is 5.97 Å². The van der Waals surface area contributed by atoms with Crippen LogP contribution in [0.25, 0.3) is 0 Å². The zero-order valence-corrected chi connectivity index (χ0v) is 13.0. The molecular formula is C18H18FNO3. The smallest absolute Gasteiger partial charge is 0.328 e. The highest BCUT2D eigenvalue weighted by Crippen LogP contribution is 2.11. The van der Waals surface area contributed by atoms with Gasteiger partial charge in [0.05, 0.1) is 7.11 Å². The summed E-state index contributed by atoms with van der Waals surface area (Å²) in [5.41, 5.74) is 2.25. The fraction of sp³-hybridized carbons (Fsp3) is 0.222. The van der Waals surface area contributed by atoms with Crippen LogP contribution in [0, 0.1) is 12.7 Å². The zero-order chi connectivity index (χ0) is 16.8. The summed E-state index contributed by atoms with van der Waals surface area (Å²) in [6, 6.07) is 11.9. The van der Waals surface area contributed by atoms with Gasteiger partial charge in [0, 0.05) is 12.0 Å². The number of esters is 1. The summed E-state index contributed by atoms with van der Waals surface area (Å²) < 4.78 is 17.7. The number of carbonyl (C=O) groups is 2. The van der Waals surface area contributed by atoms with Gasteiger partial charge in [0.2, 0.25) is 0 Å². The summed E-state index contributed by atoms with van der Waals surface area (Å²) in [4.78, 5) is 24.2. The van der Waals surface area contributed by atoms with Crippen LogP contribution in [0.2, 0.25) is 0 Å². The zero-order valence-electron chi connectivity index (χ0n) is 13.0. The molecule has 0 fully saturated rings. The number of halogens is 1. The van der Waals surface area contributed by atoms with E-state index in [0.29, 0.717) is 6.42 Å². The van der Waals surface area contributed by atoms with E-state index >= 15 is 0 Å². The summed E-state index contributed by atoms with van der Waals surface area (Å²) in [7, 11) is 1.28. The van der Waals surface area contributed by atoms with Gasteiger partial charge in [-0.25, -0.2) is 9.18 Å². The maximum atomic E-state index is 12.9. The SMILES string of the molecule is COC(=O)[C@H](Cc1ccccc1C)NC(=O)c1ccc(F)cc1. The van der Waals surface area contributed by atoms with Crippen molar-refractivity contribution in [3.8, 4) is 0 Å². The molecule has 23 heavy (non-hydrogen) atoms.